The Balaban J connectivity index is 1.66. The first kappa shape index (κ1) is 20.2. The lowest BCUT2D eigenvalue weighted by molar-refractivity contribution is 0.173. The molecular formula is C19H32N4O3. The van der Waals surface area contributed by atoms with Crippen LogP contribution < -0.4 is 24.8 Å². The smallest absolute Gasteiger partial charge is 0.231 e. The van der Waals surface area contributed by atoms with Crippen molar-refractivity contribution in [2.75, 3.05) is 40.1 Å². The molecule has 0 radical (unpaired) electrons. The normalized spacial score (nSPS) is 13.6. The summed E-state index contributed by atoms with van der Waals surface area (Å²) in [5.41, 5.74) is 0. The molecule has 0 bridgehead atoms. The number of benzene rings is 1. The van der Waals surface area contributed by atoms with Crippen LogP contribution in [0.1, 0.15) is 27.7 Å². The molecule has 7 heteroatoms. The third kappa shape index (κ3) is 5.98. The van der Waals surface area contributed by atoms with Gasteiger partial charge in [-0.1, -0.05) is 0 Å². The summed E-state index contributed by atoms with van der Waals surface area (Å²) in [6.45, 7) is 12.2. The monoisotopic (exact) mass is 364 g/mol. The Morgan fingerprint density at radius 3 is 2.50 bits per heavy atom. The van der Waals surface area contributed by atoms with E-state index in [4.69, 9.17) is 14.2 Å². The van der Waals surface area contributed by atoms with Gasteiger partial charge in [0, 0.05) is 38.3 Å². The van der Waals surface area contributed by atoms with Crippen LogP contribution >= 0.6 is 0 Å². The molecule has 26 heavy (non-hydrogen) atoms. The molecule has 0 fully saturated rings. The summed E-state index contributed by atoms with van der Waals surface area (Å²) in [5, 5.41) is 6.61. The average Bonchev–Trinajstić information content (AvgIpc) is 3.07. The molecule has 1 aliphatic heterocycles. The van der Waals surface area contributed by atoms with Gasteiger partial charge in [-0.05, 0) is 39.8 Å². The third-order valence-corrected chi connectivity index (χ3v) is 4.22. The first-order chi connectivity index (χ1) is 12.5. The van der Waals surface area contributed by atoms with Gasteiger partial charge in [-0.25, -0.2) is 0 Å². The Kier molecular flexibility index (Phi) is 7.84. The fraction of sp³-hybridized carbons (Fsp3) is 0.632. The van der Waals surface area contributed by atoms with Crippen LogP contribution in [0.3, 0.4) is 0 Å². The van der Waals surface area contributed by atoms with E-state index >= 15 is 0 Å². The van der Waals surface area contributed by atoms with Gasteiger partial charge in [0.05, 0.1) is 6.54 Å². The van der Waals surface area contributed by atoms with Gasteiger partial charge in [0.25, 0.3) is 0 Å². The van der Waals surface area contributed by atoms with Crippen LogP contribution in [-0.2, 0) is 0 Å². The second-order valence-electron chi connectivity index (χ2n) is 6.71. The number of fused-ring (bicyclic) bond motifs is 1. The summed E-state index contributed by atoms with van der Waals surface area (Å²) in [6, 6.07) is 6.65. The van der Waals surface area contributed by atoms with Crippen LogP contribution in [0, 0.1) is 0 Å². The van der Waals surface area contributed by atoms with Crippen molar-refractivity contribution in [3.63, 3.8) is 0 Å². The lowest BCUT2D eigenvalue weighted by Crippen LogP contribution is -2.45. The number of nitrogens with zero attached hydrogens (tertiary/aromatic N) is 2. The molecule has 0 amide bonds. The second kappa shape index (κ2) is 10.1. The molecule has 0 aromatic heterocycles. The predicted molar refractivity (Wildman–Crippen MR) is 104 cm³/mol. The molecular weight excluding hydrogens is 332 g/mol. The molecule has 2 rings (SSSR count). The number of hydrogen-bond acceptors (Lipinski definition) is 5. The maximum Gasteiger partial charge on any atom is 0.231 e. The van der Waals surface area contributed by atoms with Gasteiger partial charge in [-0.15, -0.1) is 0 Å². The van der Waals surface area contributed by atoms with E-state index in [0.717, 1.165) is 36.3 Å². The maximum atomic E-state index is 5.74. The highest BCUT2D eigenvalue weighted by atomic mass is 16.7. The number of ether oxygens (including phenoxy) is 3. The summed E-state index contributed by atoms with van der Waals surface area (Å²) in [7, 11) is 1.77. The third-order valence-electron chi connectivity index (χ3n) is 4.22. The van der Waals surface area contributed by atoms with E-state index in [1.165, 1.54) is 0 Å². The SMILES string of the molecule is CN=C(NCCOc1ccc2c(c1)OCO2)NCCN(C(C)C)C(C)C. The minimum Gasteiger partial charge on any atom is -0.492 e. The summed E-state index contributed by atoms with van der Waals surface area (Å²) in [5.74, 6) is 3.04. The minimum atomic E-state index is 0.271. The molecule has 1 aliphatic rings. The highest BCUT2D eigenvalue weighted by Gasteiger charge is 2.14. The van der Waals surface area contributed by atoms with Crippen molar-refractivity contribution in [3.05, 3.63) is 18.2 Å². The standard InChI is InChI=1S/C19H32N4O3/c1-14(2)23(15(3)4)10-8-21-19(20-5)22-9-11-24-16-6-7-17-18(12-16)26-13-25-17/h6-7,12,14-15H,8-11,13H2,1-5H3,(H2,20,21,22). The molecule has 0 aliphatic carbocycles. The Hall–Kier alpha value is -2.15. The fourth-order valence-electron chi connectivity index (χ4n) is 2.94. The highest BCUT2D eigenvalue weighted by Crippen LogP contribution is 2.34. The van der Waals surface area contributed by atoms with E-state index in [1.54, 1.807) is 7.05 Å². The Bertz CT molecular complexity index is 582. The fourth-order valence-corrected chi connectivity index (χ4v) is 2.94. The molecule has 1 aromatic rings. The van der Waals surface area contributed by atoms with Crippen molar-refractivity contribution in [2.24, 2.45) is 4.99 Å². The maximum absolute atomic E-state index is 5.74. The molecule has 1 aromatic carbocycles. The number of rotatable bonds is 9. The van der Waals surface area contributed by atoms with Crippen LogP contribution in [0.15, 0.2) is 23.2 Å². The molecule has 0 saturated carbocycles. The second-order valence-corrected chi connectivity index (χ2v) is 6.71. The van der Waals surface area contributed by atoms with Crippen molar-refractivity contribution >= 4 is 5.96 Å². The molecule has 7 nitrogen and oxygen atoms in total. The lowest BCUT2D eigenvalue weighted by Gasteiger charge is -2.30. The zero-order chi connectivity index (χ0) is 18.9. The summed E-state index contributed by atoms with van der Waals surface area (Å²) < 4.78 is 16.4. The van der Waals surface area contributed by atoms with Crippen molar-refractivity contribution in [1.29, 1.82) is 0 Å². The van der Waals surface area contributed by atoms with Gasteiger partial charge in [0.1, 0.15) is 12.4 Å². The Labute approximate surface area is 156 Å². The van der Waals surface area contributed by atoms with E-state index in [9.17, 15) is 0 Å². The predicted octanol–water partition coefficient (Wildman–Crippen LogP) is 2.08. The van der Waals surface area contributed by atoms with E-state index in [0.29, 0.717) is 25.2 Å². The molecule has 0 saturated heterocycles. The van der Waals surface area contributed by atoms with Crippen molar-refractivity contribution in [2.45, 2.75) is 39.8 Å². The largest absolute Gasteiger partial charge is 0.492 e. The number of nitrogens with one attached hydrogen (secondary N) is 2. The first-order valence-electron chi connectivity index (χ1n) is 9.24. The van der Waals surface area contributed by atoms with E-state index in [1.807, 2.05) is 18.2 Å². The Morgan fingerprint density at radius 1 is 1.12 bits per heavy atom. The summed E-state index contributed by atoms with van der Waals surface area (Å²) in [4.78, 5) is 6.70. The summed E-state index contributed by atoms with van der Waals surface area (Å²) in [6.07, 6.45) is 0. The minimum absolute atomic E-state index is 0.271. The van der Waals surface area contributed by atoms with Gasteiger partial charge in [-0.2, -0.15) is 0 Å². The first-order valence-corrected chi connectivity index (χ1v) is 9.24. The van der Waals surface area contributed by atoms with E-state index < -0.39 is 0 Å². The Morgan fingerprint density at radius 2 is 1.81 bits per heavy atom. The van der Waals surface area contributed by atoms with Gasteiger partial charge in [0.15, 0.2) is 17.5 Å². The molecule has 0 atom stereocenters. The number of guanidine groups is 1. The van der Waals surface area contributed by atoms with Crippen LogP contribution in [0.25, 0.3) is 0 Å². The quantitative estimate of drug-likeness (QED) is 0.397. The number of hydrogen-bond donors (Lipinski definition) is 2. The molecule has 1 heterocycles. The topological polar surface area (TPSA) is 67.4 Å². The van der Waals surface area contributed by atoms with Crippen molar-refractivity contribution in [3.8, 4) is 17.2 Å². The van der Waals surface area contributed by atoms with Crippen LogP contribution in [0.2, 0.25) is 0 Å². The van der Waals surface area contributed by atoms with Gasteiger partial charge in [-0.3, -0.25) is 9.89 Å². The van der Waals surface area contributed by atoms with E-state index in [2.05, 4.69) is 48.2 Å². The number of aliphatic imine (C=N–C) groups is 1. The molecule has 2 N–H and O–H groups in total. The van der Waals surface area contributed by atoms with Crippen LogP contribution in [0.4, 0.5) is 0 Å². The molecule has 0 unspecified atom stereocenters. The summed E-state index contributed by atoms with van der Waals surface area (Å²) >= 11 is 0. The zero-order valence-corrected chi connectivity index (χ0v) is 16.5. The molecule has 0 spiro atoms. The van der Waals surface area contributed by atoms with Gasteiger partial charge in [0.2, 0.25) is 6.79 Å². The van der Waals surface area contributed by atoms with Crippen LogP contribution in [0.5, 0.6) is 17.2 Å². The van der Waals surface area contributed by atoms with Gasteiger partial charge >= 0.3 is 0 Å². The van der Waals surface area contributed by atoms with Crippen molar-refractivity contribution in [1.82, 2.24) is 15.5 Å². The lowest BCUT2D eigenvalue weighted by atomic mass is 10.2. The van der Waals surface area contributed by atoms with Crippen LogP contribution in [-0.4, -0.2) is 63.0 Å². The van der Waals surface area contributed by atoms with E-state index in [-0.39, 0.29) is 6.79 Å². The molecule has 146 valence electrons. The zero-order valence-electron chi connectivity index (χ0n) is 16.5. The van der Waals surface area contributed by atoms with Crippen molar-refractivity contribution < 1.29 is 14.2 Å². The van der Waals surface area contributed by atoms with Gasteiger partial charge < -0.3 is 24.8 Å². The highest BCUT2D eigenvalue weighted by molar-refractivity contribution is 5.79. The average molecular weight is 364 g/mol.